The van der Waals surface area contributed by atoms with Gasteiger partial charge in [0.05, 0.1) is 0 Å². The van der Waals surface area contributed by atoms with Gasteiger partial charge in [-0.05, 0) is 60.7 Å². The summed E-state index contributed by atoms with van der Waals surface area (Å²) < 4.78 is 11.4. The lowest BCUT2D eigenvalue weighted by molar-refractivity contribution is 0.0675. The van der Waals surface area contributed by atoms with Gasteiger partial charge in [0.1, 0.15) is 22.6 Å². The zero-order valence-electron chi connectivity index (χ0n) is 14.5. The molecule has 0 heterocycles. The van der Waals surface area contributed by atoms with Crippen molar-refractivity contribution in [3.63, 3.8) is 0 Å². The Morgan fingerprint density at radius 2 is 0.929 bits per heavy atom. The van der Waals surface area contributed by atoms with Crippen LogP contribution in [0.4, 0.5) is 11.4 Å². The highest BCUT2D eigenvalue weighted by atomic mass is 16.5. The molecule has 3 aromatic rings. The van der Waals surface area contributed by atoms with E-state index >= 15 is 0 Å². The second kappa shape index (κ2) is 7.58. The Morgan fingerprint density at radius 1 is 0.607 bits per heavy atom. The standard InChI is InChI=1S/C20H16N2O6/c21-11-1-5-13(6-2-11)27-17-15(19(23)24)9-10-16(20(25)26)18(17)28-14-7-3-12(22)4-8-14/h1-10H,21-22H2,(H,23,24)(H,25,26). The number of ether oxygens (including phenoxy) is 2. The number of carboxylic acids is 2. The van der Waals surface area contributed by atoms with Gasteiger partial charge in [0.25, 0.3) is 0 Å². The summed E-state index contributed by atoms with van der Waals surface area (Å²) in [4.78, 5) is 23.4. The normalized spacial score (nSPS) is 10.3. The predicted molar refractivity (Wildman–Crippen MR) is 102 cm³/mol. The molecule has 0 saturated heterocycles. The highest BCUT2D eigenvalue weighted by Gasteiger charge is 2.25. The first-order chi connectivity index (χ1) is 13.3. The van der Waals surface area contributed by atoms with Crippen LogP contribution in [-0.4, -0.2) is 22.2 Å². The average Bonchev–Trinajstić information content (AvgIpc) is 2.66. The zero-order chi connectivity index (χ0) is 20.3. The minimum Gasteiger partial charge on any atom is -0.478 e. The molecule has 0 radical (unpaired) electrons. The van der Waals surface area contributed by atoms with Crippen LogP contribution in [0.5, 0.6) is 23.0 Å². The van der Waals surface area contributed by atoms with Crippen LogP contribution in [0.1, 0.15) is 20.7 Å². The van der Waals surface area contributed by atoms with E-state index in [9.17, 15) is 19.8 Å². The summed E-state index contributed by atoms with van der Waals surface area (Å²) in [5.74, 6) is -2.56. The number of nitrogens with two attached hydrogens (primary N) is 2. The van der Waals surface area contributed by atoms with Crippen molar-refractivity contribution in [3.8, 4) is 23.0 Å². The molecule has 0 aromatic heterocycles. The van der Waals surface area contributed by atoms with Gasteiger partial charge >= 0.3 is 11.9 Å². The van der Waals surface area contributed by atoms with E-state index in [2.05, 4.69) is 0 Å². The van der Waals surface area contributed by atoms with Crippen molar-refractivity contribution in [3.05, 3.63) is 71.8 Å². The molecule has 6 N–H and O–H groups in total. The molecular formula is C20H16N2O6. The van der Waals surface area contributed by atoms with E-state index in [4.69, 9.17) is 20.9 Å². The highest BCUT2D eigenvalue weighted by Crippen LogP contribution is 2.41. The molecule has 0 saturated carbocycles. The zero-order valence-corrected chi connectivity index (χ0v) is 14.5. The van der Waals surface area contributed by atoms with Crippen LogP contribution in [0.15, 0.2) is 60.7 Å². The Hall–Kier alpha value is -4.20. The summed E-state index contributed by atoms with van der Waals surface area (Å²) in [5, 5.41) is 19.0. The van der Waals surface area contributed by atoms with Gasteiger partial charge in [-0.3, -0.25) is 0 Å². The first kappa shape index (κ1) is 18.6. The molecule has 8 heteroatoms. The summed E-state index contributed by atoms with van der Waals surface area (Å²) in [6.45, 7) is 0. The number of hydrogen-bond donors (Lipinski definition) is 4. The topological polar surface area (TPSA) is 145 Å². The van der Waals surface area contributed by atoms with Gasteiger partial charge in [-0.2, -0.15) is 0 Å². The fourth-order valence-corrected chi connectivity index (χ4v) is 2.41. The van der Waals surface area contributed by atoms with E-state index in [1.807, 2.05) is 0 Å². The molecule has 0 fully saturated rings. The summed E-state index contributed by atoms with van der Waals surface area (Å²) in [6.07, 6.45) is 0. The molecule has 0 atom stereocenters. The molecule has 0 aliphatic rings. The Labute approximate surface area is 159 Å². The quantitative estimate of drug-likeness (QED) is 0.472. The Kier molecular flexibility index (Phi) is 5.03. The van der Waals surface area contributed by atoms with Crippen molar-refractivity contribution in [2.75, 3.05) is 11.5 Å². The minimum absolute atomic E-state index is 0.242. The molecule has 0 aliphatic heterocycles. The van der Waals surface area contributed by atoms with Crippen molar-refractivity contribution in [1.29, 1.82) is 0 Å². The monoisotopic (exact) mass is 380 g/mol. The van der Waals surface area contributed by atoms with E-state index in [0.29, 0.717) is 11.4 Å². The molecule has 8 nitrogen and oxygen atoms in total. The largest absolute Gasteiger partial charge is 0.478 e. The third-order valence-electron chi connectivity index (χ3n) is 3.77. The molecule has 0 aliphatic carbocycles. The maximum absolute atomic E-state index is 11.7. The minimum atomic E-state index is -1.30. The lowest BCUT2D eigenvalue weighted by atomic mass is 10.1. The van der Waals surface area contributed by atoms with Gasteiger partial charge in [-0.25, -0.2) is 9.59 Å². The van der Waals surface area contributed by atoms with Crippen molar-refractivity contribution in [2.24, 2.45) is 0 Å². The molecule has 0 unspecified atom stereocenters. The maximum atomic E-state index is 11.7. The summed E-state index contributed by atoms with van der Waals surface area (Å²) in [5.41, 5.74) is 11.8. The van der Waals surface area contributed by atoms with Gasteiger partial charge < -0.3 is 31.2 Å². The van der Waals surface area contributed by atoms with Crippen LogP contribution in [-0.2, 0) is 0 Å². The first-order valence-corrected chi connectivity index (χ1v) is 8.05. The molecule has 3 aromatic carbocycles. The fourth-order valence-electron chi connectivity index (χ4n) is 2.41. The van der Waals surface area contributed by atoms with Crippen molar-refractivity contribution >= 4 is 23.3 Å². The van der Waals surface area contributed by atoms with Gasteiger partial charge in [0, 0.05) is 11.4 Å². The number of benzene rings is 3. The van der Waals surface area contributed by atoms with Crippen LogP contribution in [0.3, 0.4) is 0 Å². The van der Waals surface area contributed by atoms with Crippen LogP contribution in [0.25, 0.3) is 0 Å². The van der Waals surface area contributed by atoms with Crippen LogP contribution >= 0.6 is 0 Å². The Balaban J connectivity index is 2.15. The Bertz CT molecular complexity index is 945. The predicted octanol–water partition coefficient (Wildman–Crippen LogP) is 3.83. The SMILES string of the molecule is Nc1ccc(Oc2c(C(=O)O)ccc(C(=O)O)c2Oc2ccc(N)cc2)cc1. The summed E-state index contributed by atoms with van der Waals surface area (Å²) in [6, 6.07) is 14.7. The molecule has 28 heavy (non-hydrogen) atoms. The molecular weight excluding hydrogens is 364 g/mol. The molecule has 0 spiro atoms. The van der Waals surface area contributed by atoms with Crippen molar-refractivity contribution < 1.29 is 29.3 Å². The van der Waals surface area contributed by atoms with Gasteiger partial charge in [-0.1, -0.05) is 0 Å². The fraction of sp³-hybridized carbons (Fsp3) is 0. The number of aromatic carboxylic acids is 2. The van der Waals surface area contributed by atoms with E-state index in [1.165, 1.54) is 24.3 Å². The molecule has 0 bridgehead atoms. The van der Waals surface area contributed by atoms with Crippen LogP contribution in [0, 0.1) is 0 Å². The van der Waals surface area contributed by atoms with Gasteiger partial charge in [0.15, 0.2) is 11.5 Å². The van der Waals surface area contributed by atoms with Crippen molar-refractivity contribution in [2.45, 2.75) is 0 Å². The van der Waals surface area contributed by atoms with E-state index < -0.39 is 11.9 Å². The molecule has 0 amide bonds. The Morgan fingerprint density at radius 3 is 1.21 bits per heavy atom. The lowest BCUT2D eigenvalue weighted by Gasteiger charge is -2.17. The number of rotatable bonds is 6. The number of anilines is 2. The van der Waals surface area contributed by atoms with Gasteiger partial charge in [0.2, 0.25) is 0 Å². The first-order valence-electron chi connectivity index (χ1n) is 8.05. The molecule has 3 rings (SSSR count). The van der Waals surface area contributed by atoms with E-state index in [0.717, 1.165) is 12.1 Å². The summed E-state index contributed by atoms with van der Waals surface area (Å²) >= 11 is 0. The van der Waals surface area contributed by atoms with E-state index in [-0.39, 0.29) is 34.1 Å². The smallest absolute Gasteiger partial charge is 0.339 e. The van der Waals surface area contributed by atoms with Crippen LogP contribution in [0.2, 0.25) is 0 Å². The highest BCUT2D eigenvalue weighted by molar-refractivity contribution is 5.98. The lowest BCUT2D eigenvalue weighted by Crippen LogP contribution is -2.07. The second-order valence-electron chi connectivity index (χ2n) is 5.77. The second-order valence-corrected chi connectivity index (χ2v) is 5.77. The number of carboxylic acid groups (broad SMARTS) is 2. The summed E-state index contributed by atoms with van der Waals surface area (Å²) in [7, 11) is 0. The maximum Gasteiger partial charge on any atom is 0.339 e. The number of nitrogen functional groups attached to an aromatic ring is 2. The van der Waals surface area contributed by atoms with Gasteiger partial charge in [-0.15, -0.1) is 0 Å². The van der Waals surface area contributed by atoms with E-state index in [1.54, 1.807) is 24.3 Å². The van der Waals surface area contributed by atoms with Crippen molar-refractivity contribution in [1.82, 2.24) is 0 Å². The van der Waals surface area contributed by atoms with Crippen LogP contribution < -0.4 is 20.9 Å². The number of hydrogen-bond acceptors (Lipinski definition) is 6. The third-order valence-corrected chi connectivity index (χ3v) is 3.77. The molecule has 142 valence electrons. The average molecular weight is 380 g/mol. The third kappa shape index (κ3) is 3.96. The number of carbonyl (C=O) groups is 2.